The van der Waals surface area contributed by atoms with Gasteiger partial charge in [-0.25, -0.2) is 0 Å². The van der Waals surface area contributed by atoms with E-state index in [0.717, 1.165) is 13.1 Å². The van der Waals surface area contributed by atoms with Gasteiger partial charge >= 0.3 is 0 Å². The van der Waals surface area contributed by atoms with Crippen LogP contribution in [0.5, 0.6) is 0 Å². The minimum atomic E-state index is -1.33. The molecule has 20 heavy (non-hydrogen) atoms. The standard InChI is InChI=1S/C14H36N2O2Si2/c1-13(17)11-15(12-14(2)18)9-10-16(19(3,4)5)20(6,7)8/h13-14,17-18H,9-12H2,1-8H3. The lowest BCUT2D eigenvalue weighted by atomic mass is 10.3. The van der Waals surface area contributed by atoms with Gasteiger partial charge in [0.15, 0.2) is 0 Å². The average molecular weight is 321 g/mol. The molecular formula is C14H36N2O2Si2. The molecule has 0 amide bonds. The second-order valence-electron chi connectivity index (χ2n) is 7.95. The Bertz CT molecular complexity index is 249. The van der Waals surface area contributed by atoms with Crippen LogP contribution in [0.4, 0.5) is 0 Å². The van der Waals surface area contributed by atoms with E-state index in [1.807, 2.05) is 13.8 Å². The Kier molecular flexibility index (Phi) is 8.16. The van der Waals surface area contributed by atoms with Gasteiger partial charge in [0.25, 0.3) is 0 Å². The fourth-order valence-electron chi connectivity index (χ4n) is 2.92. The summed E-state index contributed by atoms with van der Waals surface area (Å²) in [5, 5.41) is 19.2. The van der Waals surface area contributed by atoms with E-state index in [9.17, 15) is 10.2 Å². The van der Waals surface area contributed by atoms with Gasteiger partial charge in [-0.2, -0.15) is 0 Å². The van der Waals surface area contributed by atoms with Crippen molar-refractivity contribution in [2.45, 2.75) is 65.3 Å². The number of aliphatic hydroxyl groups is 2. The quantitative estimate of drug-likeness (QED) is 0.638. The lowest BCUT2D eigenvalue weighted by Gasteiger charge is -2.44. The molecule has 0 fully saturated rings. The number of nitrogens with zero attached hydrogens (tertiary/aromatic N) is 2. The molecule has 0 bridgehead atoms. The van der Waals surface area contributed by atoms with Gasteiger partial charge in [0.2, 0.25) is 0 Å². The lowest BCUT2D eigenvalue weighted by molar-refractivity contribution is 0.0828. The minimum Gasteiger partial charge on any atom is -0.392 e. The van der Waals surface area contributed by atoms with Crippen molar-refractivity contribution in [1.29, 1.82) is 0 Å². The van der Waals surface area contributed by atoms with Crippen LogP contribution in [0.15, 0.2) is 0 Å². The molecule has 2 atom stereocenters. The molecule has 2 unspecified atom stereocenters. The summed E-state index contributed by atoms with van der Waals surface area (Å²) >= 11 is 0. The zero-order chi connectivity index (χ0) is 16.1. The van der Waals surface area contributed by atoms with Gasteiger partial charge in [0, 0.05) is 19.6 Å². The Morgan fingerprint density at radius 2 is 1.10 bits per heavy atom. The average Bonchev–Trinajstić information content (AvgIpc) is 2.10. The third-order valence-electron chi connectivity index (χ3n) is 3.30. The van der Waals surface area contributed by atoms with Crippen LogP contribution in [-0.2, 0) is 0 Å². The maximum absolute atomic E-state index is 9.60. The topological polar surface area (TPSA) is 46.9 Å². The van der Waals surface area contributed by atoms with Gasteiger partial charge in [-0.05, 0) is 20.4 Å². The number of hydrogen-bond acceptors (Lipinski definition) is 4. The second-order valence-corrected chi connectivity index (χ2v) is 18.2. The van der Waals surface area contributed by atoms with Crippen molar-refractivity contribution in [3.8, 4) is 0 Å². The first-order valence-electron chi connectivity index (χ1n) is 7.70. The highest BCUT2D eigenvalue weighted by atomic mass is 28.4. The molecule has 0 aliphatic carbocycles. The highest BCUT2D eigenvalue weighted by molar-refractivity contribution is 6.89. The van der Waals surface area contributed by atoms with Crippen molar-refractivity contribution in [1.82, 2.24) is 9.13 Å². The van der Waals surface area contributed by atoms with Crippen molar-refractivity contribution < 1.29 is 10.2 Å². The van der Waals surface area contributed by atoms with Crippen LogP contribution < -0.4 is 0 Å². The third kappa shape index (κ3) is 8.54. The number of aliphatic hydroxyl groups excluding tert-OH is 2. The molecule has 0 aromatic rings. The van der Waals surface area contributed by atoms with Crippen LogP contribution in [0, 0.1) is 0 Å². The number of hydrogen-bond donors (Lipinski definition) is 2. The van der Waals surface area contributed by atoms with Crippen LogP contribution in [0.2, 0.25) is 39.3 Å². The van der Waals surface area contributed by atoms with Crippen LogP contribution in [0.3, 0.4) is 0 Å². The highest BCUT2D eigenvalue weighted by Crippen LogP contribution is 2.19. The van der Waals surface area contributed by atoms with Crippen molar-refractivity contribution >= 4 is 16.5 Å². The Balaban J connectivity index is 4.70. The summed E-state index contributed by atoms with van der Waals surface area (Å²) in [6.07, 6.45) is -0.693. The smallest absolute Gasteiger partial charge is 0.112 e. The molecule has 0 aliphatic rings. The predicted molar refractivity (Wildman–Crippen MR) is 93.2 cm³/mol. The van der Waals surface area contributed by atoms with Crippen molar-refractivity contribution in [3.63, 3.8) is 0 Å². The molecule has 2 N–H and O–H groups in total. The van der Waals surface area contributed by atoms with Crippen molar-refractivity contribution in [2.24, 2.45) is 0 Å². The van der Waals surface area contributed by atoms with Gasteiger partial charge in [-0.1, -0.05) is 39.3 Å². The Morgan fingerprint density at radius 3 is 1.35 bits per heavy atom. The SMILES string of the molecule is CC(O)CN(CCN([Si](C)(C)C)[Si](C)(C)C)CC(C)O. The van der Waals surface area contributed by atoms with E-state index in [1.165, 1.54) is 0 Å². The summed E-state index contributed by atoms with van der Waals surface area (Å²) in [7, 11) is -2.65. The molecule has 4 nitrogen and oxygen atoms in total. The highest BCUT2D eigenvalue weighted by Gasteiger charge is 2.34. The zero-order valence-electron chi connectivity index (χ0n) is 14.8. The third-order valence-corrected chi connectivity index (χ3v) is 11.0. The zero-order valence-corrected chi connectivity index (χ0v) is 16.8. The molecule has 0 aliphatic heterocycles. The van der Waals surface area contributed by atoms with Crippen LogP contribution in [-0.4, -0.2) is 74.2 Å². The van der Waals surface area contributed by atoms with Crippen LogP contribution in [0.1, 0.15) is 13.8 Å². The van der Waals surface area contributed by atoms with E-state index in [2.05, 4.69) is 48.4 Å². The van der Waals surface area contributed by atoms with Gasteiger partial charge in [0.05, 0.1) is 12.2 Å². The lowest BCUT2D eigenvalue weighted by Crippen LogP contribution is -2.61. The fourth-order valence-corrected chi connectivity index (χ4v) is 12.5. The van der Waals surface area contributed by atoms with Gasteiger partial charge < -0.3 is 14.4 Å². The van der Waals surface area contributed by atoms with Crippen molar-refractivity contribution in [3.05, 3.63) is 0 Å². The summed E-state index contributed by atoms with van der Waals surface area (Å²) in [5.41, 5.74) is 0. The summed E-state index contributed by atoms with van der Waals surface area (Å²) in [6, 6.07) is 0. The van der Waals surface area contributed by atoms with E-state index in [4.69, 9.17) is 0 Å². The first-order valence-corrected chi connectivity index (χ1v) is 14.6. The largest absolute Gasteiger partial charge is 0.392 e. The van der Waals surface area contributed by atoms with E-state index in [-0.39, 0.29) is 12.2 Å². The fraction of sp³-hybridized carbons (Fsp3) is 1.00. The summed E-state index contributed by atoms with van der Waals surface area (Å²) < 4.78 is 2.75. The molecule has 0 aromatic carbocycles. The molecule has 0 radical (unpaired) electrons. The minimum absolute atomic E-state index is 0.346. The molecule has 122 valence electrons. The summed E-state index contributed by atoms with van der Waals surface area (Å²) in [5.74, 6) is 0. The van der Waals surface area contributed by atoms with E-state index in [1.54, 1.807) is 0 Å². The Morgan fingerprint density at radius 1 is 0.750 bits per heavy atom. The molecule has 6 heteroatoms. The molecule has 0 saturated heterocycles. The van der Waals surface area contributed by atoms with Gasteiger partial charge in [-0.15, -0.1) is 0 Å². The summed E-state index contributed by atoms with van der Waals surface area (Å²) in [4.78, 5) is 2.18. The first kappa shape index (κ1) is 20.3. The normalized spacial score (nSPS) is 16.8. The maximum Gasteiger partial charge on any atom is 0.112 e. The molecule has 0 heterocycles. The van der Waals surface area contributed by atoms with E-state index >= 15 is 0 Å². The monoisotopic (exact) mass is 320 g/mol. The van der Waals surface area contributed by atoms with E-state index < -0.39 is 16.5 Å². The first-order chi connectivity index (χ1) is 8.84. The second kappa shape index (κ2) is 8.05. The van der Waals surface area contributed by atoms with Crippen molar-refractivity contribution in [2.75, 3.05) is 26.2 Å². The van der Waals surface area contributed by atoms with Gasteiger partial charge in [0.1, 0.15) is 16.5 Å². The molecule has 0 spiro atoms. The molecule has 0 aromatic heterocycles. The summed E-state index contributed by atoms with van der Waals surface area (Å²) in [6.45, 7) is 21.3. The molecule has 0 rings (SSSR count). The predicted octanol–water partition coefficient (Wildman–Crippen LogP) is 2.02. The Labute approximate surface area is 128 Å². The Hall–Kier alpha value is 0.274. The molecule has 0 saturated carbocycles. The maximum atomic E-state index is 9.60. The van der Waals surface area contributed by atoms with Crippen LogP contribution >= 0.6 is 0 Å². The molecular weight excluding hydrogens is 284 g/mol. The van der Waals surface area contributed by atoms with Crippen LogP contribution in [0.25, 0.3) is 0 Å². The number of rotatable bonds is 9. The van der Waals surface area contributed by atoms with E-state index in [0.29, 0.717) is 13.1 Å². The van der Waals surface area contributed by atoms with Gasteiger partial charge in [-0.3, -0.25) is 4.90 Å².